The summed E-state index contributed by atoms with van der Waals surface area (Å²) in [5.41, 5.74) is 4.37. The number of carbonyl (C=O) groups is 5. The van der Waals surface area contributed by atoms with Crippen LogP contribution in [-0.4, -0.2) is 89.0 Å². The minimum Gasteiger partial charge on any atom is -0.493 e. The van der Waals surface area contributed by atoms with Gasteiger partial charge < -0.3 is 14.5 Å². The molecular weight excluding hydrogens is 755 g/mol. The Kier molecular flexibility index (Phi) is 10.0. The number of fused-ring (bicyclic) bond motifs is 1. The number of aliphatic imine (C=N–C) groups is 1. The van der Waals surface area contributed by atoms with E-state index in [1.54, 1.807) is 40.1 Å². The molecule has 0 aromatic heterocycles. The van der Waals surface area contributed by atoms with E-state index in [4.69, 9.17) is 32.9 Å². The van der Waals surface area contributed by atoms with Gasteiger partial charge in [-0.05, 0) is 85.5 Å². The summed E-state index contributed by atoms with van der Waals surface area (Å²) in [5, 5.41) is 3.39. The number of piperazine rings is 1. The second kappa shape index (κ2) is 15.1. The minimum atomic E-state index is -1.07. The van der Waals surface area contributed by atoms with Crippen LogP contribution < -0.4 is 15.0 Å². The number of amidine groups is 1. The van der Waals surface area contributed by atoms with Gasteiger partial charge in [-0.1, -0.05) is 59.6 Å². The number of imide groups is 2. The second-order valence-electron chi connectivity index (χ2n) is 14.2. The van der Waals surface area contributed by atoms with Crippen LogP contribution in [-0.2, 0) is 9.59 Å². The predicted octanol–water partition coefficient (Wildman–Crippen LogP) is 6.59. The molecule has 14 heteroatoms. The van der Waals surface area contributed by atoms with Crippen molar-refractivity contribution in [3.8, 4) is 5.75 Å². The van der Waals surface area contributed by atoms with Crippen molar-refractivity contribution in [2.75, 3.05) is 37.7 Å². The molecule has 0 bridgehead atoms. The maximum Gasteiger partial charge on any atom is 0.326 e. The van der Waals surface area contributed by atoms with Gasteiger partial charge in [0, 0.05) is 42.6 Å². The molecule has 1 N–H and O–H groups in total. The maximum absolute atomic E-state index is 15.1. The van der Waals surface area contributed by atoms with Gasteiger partial charge in [-0.25, -0.2) is 4.79 Å². The molecule has 2 saturated heterocycles. The number of amides is 6. The average molecular weight is 794 g/mol. The summed E-state index contributed by atoms with van der Waals surface area (Å²) < 4.78 is 6.12. The van der Waals surface area contributed by atoms with Gasteiger partial charge in [0.15, 0.2) is 0 Å². The van der Waals surface area contributed by atoms with Crippen LogP contribution >= 0.6 is 23.2 Å². The molecule has 6 amide bonds. The molecule has 3 atom stereocenters. The predicted molar refractivity (Wildman–Crippen MR) is 211 cm³/mol. The van der Waals surface area contributed by atoms with Gasteiger partial charge in [-0.2, -0.15) is 0 Å². The smallest absolute Gasteiger partial charge is 0.326 e. The van der Waals surface area contributed by atoms with Gasteiger partial charge in [-0.15, -0.1) is 0 Å². The third-order valence-electron chi connectivity index (χ3n) is 10.7. The number of hydrogen-bond acceptors (Lipinski definition) is 8. The fraction of sp³-hybridized carbons (Fsp3) is 0.286. The lowest BCUT2D eigenvalue weighted by Gasteiger charge is -2.40. The average Bonchev–Trinajstić information content (AvgIpc) is 3.70. The quantitative estimate of drug-likeness (QED) is 0.209. The van der Waals surface area contributed by atoms with Gasteiger partial charge in [0.25, 0.3) is 11.8 Å². The molecule has 12 nitrogen and oxygen atoms in total. The Morgan fingerprint density at radius 3 is 2.18 bits per heavy atom. The molecule has 8 rings (SSSR count). The number of halogens is 2. The Hall–Kier alpha value is -5.72. The lowest BCUT2D eigenvalue weighted by molar-refractivity contribution is -0.136. The number of hydrogen-bond donors (Lipinski definition) is 1. The van der Waals surface area contributed by atoms with E-state index in [0.29, 0.717) is 65.7 Å². The van der Waals surface area contributed by atoms with Crippen molar-refractivity contribution in [2.24, 2.45) is 4.99 Å². The summed E-state index contributed by atoms with van der Waals surface area (Å²) in [6, 6.07) is 23.5. The zero-order chi connectivity index (χ0) is 39.2. The summed E-state index contributed by atoms with van der Waals surface area (Å²) in [7, 11) is 0. The molecule has 1 unspecified atom stereocenters. The van der Waals surface area contributed by atoms with Crippen molar-refractivity contribution in [1.82, 2.24) is 20.0 Å². The molecule has 4 aromatic rings. The molecule has 0 radical (unpaired) electrons. The topological polar surface area (TPSA) is 132 Å². The lowest BCUT2D eigenvalue weighted by Crippen LogP contribution is -2.55. The molecule has 4 aliphatic heterocycles. The monoisotopic (exact) mass is 792 g/mol. The summed E-state index contributed by atoms with van der Waals surface area (Å²) >= 11 is 12.7. The highest BCUT2D eigenvalue weighted by Crippen LogP contribution is 2.46. The van der Waals surface area contributed by atoms with E-state index in [2.05, 4.69) is 5.32 Å². The van der Waals surface area contributed by atoms with Crippen LogP contribution in [0.5, 0.6) is 5.75 Å². The molecule has 0 spiro atoms. The zero-order valence-corrected chi connectivity index (χ0v) is 32.2. The van der Waals surface area contributed by atoms with Crippen molar-refractivity contribution in [3.05, 3.63) is 128 Å². The van der Waals surface area contributed by atoms with Crippen molar-refractivity contribution < 1.29 is 28.7 Å². The van der Waals surface area contributed by atoms with Gasteiger partial charge in [0.2, 0.25) is 11.8 Å². The number of rotatable bonds is 7. The number of carbonyl (C=O) groups excluding carboxylic acids is 5. The highest BCUT2D eigenvalue weighted by atomic mass is 35.5. The largest absolute Gasteiger partial charge is 0.493 e. The van der Waals surface area contributed by atoms with Gasteiger partial charge >= 0.3 is 6.03 Å². The van der Waals surface area contributed by atoms with E-state index in [9.17, 15) is 19.2 Å². The van der Waals surface area contributed by atoms with Crippen molar-refractivity contribution in [1.29, 1.82) is 0 Å². The van der Waals surface area contributed by atoms with Gasteiger partial charge in [-0.3, -0.25) is 39.3 Å². The van der Waals surface area contributed by atoms with Crippen LogP contribution in [0.3, 0.4) is 0 Å². The Labute approximate surface area is 333 Å². The maximum atomic E-state index is 15.1. The highest BCUT2D eigenvalue weighted by molar-refractivity contribution is 6.31. The SMILES string of the molecule is CCOc1cc(C)ccc1C1=N[C@@H](c2ccc(Cl)cc2)[C@@H](c2ccc(Cl)cc2)N1C(=O)N1CCN(c2cccc3c2C(=O)N(C2CCC(=O)NC2=O)C3=O)CC1. The van der Waals surface area contributed by atoms with E-state index in [0.717, 1.165) is 21.6 Å². The number of aryl methyl sites for hydroxylation is 1. The Morgan fingerprint density at radius 2 is 1.52 bits per heavy atom. The minimum absolute atomic E-state index is 0.0340. The van der Waals surface area contributed by atoms with Crippen LogP contribution in [0, 0.1) is 6.92 Å². The number of benzene rings is 4. The molecule has 0 saturated carbocycles. The number of ether oxygens (including phenoxy) is 1. The van der Waals surface area contributed by atoms with Gasteiger partial charge in [0.05, 0.1) is 35.0 Å². The highest BCUT2D eigenvalue weighted by Gasteiger charge is 2.48. The Morgan fingerprint density at radius 1 is 0.839 bits per heavy atom. The first-order chi connectivity index (χ1) is 27.0. The molecule has 56 heavy (non-hydrogen) atoms. The normalized spacial score (nSPS) is 21.0. The van der Waals surface area contributed by atoms with Crippen molar-refractivity contribution in [3.63, 3.8) is 0 Å². The summed E-state index contributed by atoms with van der Waals surface area (Å²) in [5.74, 6) is -1.15. The Bertz CT molecular complexity index is 2290. The Balaban J connectivity index is 1.12. The molecule has 286 valence electrons. The summed E-state index contributed by atoms with van der Waals surface area (Å²) in [6.07, 6.45) is 0.102. The molecule has 4 aromatic carbocycles. The number of piperidine rings is 1. The third-order valence-corrected chi connectivity index (χ3v) is 11.2. The lowest BCUT2D eigenvalue weighted by atomic mass is 9.93. The molecule has 2 fully saturated rings. The first kappa shape index (κ1) is 37.2. The zero-order valence-electron chi connectivity index (χ0n) is 30.7. The van der Waals surface area contributed by atoms with Crippen LogP contribution in [0.4, 0.5) is 10.5 Å². The number of urea groups is 1. The first-order valence-corrected chi connectivity index (χ1v) is 19.3. The number of nitrogens with zero attached hydrogens (tertiary/aromatic N) is 5. The molecule has 0 aliphatic carbocycles. The van der Waals surface area contributed by atoms with E-state index < -0.39 is 41.8 Å². The van der Waals surface area contributed by atoms with Gasteiger partial charge in [0.1, 0.15) is 23.7 Å². The van der Waals surface area contributed by atoms with Crippen LogP contribution in [0.15, 0.2) is 89.9 Å². The second-order valence-corrected chi connectivity index (χ2v) is 15.0. The fourth-order valence-electron chi connectivity index (χ4n) is 8.00. The molecular formula is C42H38Cl2N6O6. The van der Waals surface area contributed by atoms with E-state index in [1.165, 1.54) is 0 Å². The summed E-state index contributed by atoms with van der Waals surface area (Å²) in [4.78, 5) is 78.8. The molecule has 4 aliphatic rings. The van der Waals surface area contributed by atoms with Crippen LogP contribution in [0.2, 0.25) is 10.0 Å². The van der Waals surface area contributed by atoms with E-state index in [-0.39, 0.29) is 30.0 Å². The van der Waals surface area contributed by atoms with Crippen LogP contribution in [0.1, 0.15) is 74.8 Å². The fourth-order valence-corrected chi connectivity index (χ4v) is 8.25. The van der Waals surface area contributed by atoms with Crippen LogP contribution in [0.25, 0.3) is 0 Å². The van der Waals surface area contributed by atoms with E-state index in [1.807, 2.05) is 73.3 Å². The van der Waals surface area contributed by atoms with Crippen molar-refractivity contribution >= 4 is 64.4 Å². The third kappa shape index (κ3) is 6.66. The van der Waals surface area contributed by atoms with Crippen molar-refractivity contribution in [2.45, 2.75) is 44.8 Å². The number of anilines is 1. The number of nitrogens with one attached hydrogen (secondary N) is 1. The van der Waals surface area contributed by atoms with E-state index >= 15 is 4.79 Å². The molecule has 4 heterocycles. The standard InChI is InChI=1S/C42H38Cl2N6O6/c1-3-56-33-23-24(2)7-16-29(33)38-46-36(25-8-12-27(43)13-9-25)37(26-10-14-28(44)15-11-26)50(38)42(55)48-21-19-47(20-22-48)31-6-4-5-30-35(31)41(54)49(40(30)53)32-17-18-34(51)45-39(32)52/h4-16,23,32,36-37H,3,17-22H2,1-2H3,(H,45,51,52)/t32?,36-,37+/m0/s1. The first-order valence-electron chi connectivity index (χ1n) is 18.5. The summed E-state index contributed by atoms with van der Waals surface area (Å²) in [6.45, 7) is 5.65.